The molecule has 0 radical (unpaired) electrons. The molecule has 0 unspecified atom stereocenters. The fourth-order valence-corrected chi connectivity index (χ4v) is 3.75. The number of nitrogens with zero attached hydrogens (tertiary/aromatic N) is 5. The topological polar surface area (TPSA) is 102 Å². The fraction of sp³-hybridized carbons (Fsp3) is 0.250. The summed E-state index contributed by atoms with van der Waals surface area (Å²) in [5.74, 6) is 1.17. The van der Waals surface area contributed by atoms with Crippen LogP contribution in [0.4, 0.5) is 22.0 Å². The predicted molar refractivity (Wildman–Crippen MR) is 142 cm³/mol. The number of pyridine rings is 4. The third-order valence-electron chi connectivity index (χ3n) is 5.19. The molecule has 1 amide bonds. The molecule has 0 bridgehead atoms. The van der Waals surface area contributed by atoms with Gasteiger partial charge in [0.05, 0.1) is 36.4 Å². The van der Waals surface area contributed by atoms with Crippen molar-refractivity contribution in [1.82, 2.24) is 19.9 Å². The highest BCUT2D eigenvalue weighted by atomic mass is 16.6. The Morgan fingerprint density at radius 3 is 2.11 bits per heavy atom. The van der Waals surface area contributed by atoms with E-state index >= 15 is 0 Å². The zero-order chi connectivity index (χ0) is 26.3. The smallest absolute Gasteiger partial charge is 0.412 e. The first-order valence-electron chi connectivity index (χ1n) is 12.0. The van der Waals surface area contributed by atoms with E-state index in [1.54, 1.807) is 30.9 Å². The lowest BCUT2D eigenvalue weighted by Crippen LogP contribution is -2.27. The number of hydrogen-bond acceptors (Lipinski definition) is 8. The minimum atomic E-state index is -0.602. The average Bonchev–Trinajstić information content (AvgIpc) is 2.88. The van der Waals surface area contributed by atoms with Gasteiger partial charge >= 0.3 is 6.09 Å². The molecule has 0 aromatic carbocycles. The van der Waals surface area contributed by atoms with Crippen LogP contribution in [-0.2, 0) is 4.74 Å². The van der Waals surface area contributed by atoms with Crippen LogP contribution in [0.3, 0.4) is 0 Å². The van der Waals surface area contributed by atoms with Crippen molar-refractivity contribution in [3.63, 3.8) is 0 Å². The van der Waals surface area contributed by atoms with E-state index in [9.17, 15) is 4.79 Å². The molecular formula is C28H30N6O3. The van der Waals surface area contributed by atoms with Gasteiger partial charge < -0.3 is 14.4 Å². The van der Waals surface area contributed by atoms with E-state index in [-0.39, 0.29) is 6.04 Å². The summed E-state index contributed by atoms with van der Waals surface area (Å²) >= 11 is 0. The molecule has 0 saturated carbocycles. The van der Waals surface area contributed by atoms with E-state index < -0.39 is 11.7 Å². The lowest BCUT2D eigenvalue weighted by molar-refractivity contribution is 0.0636. The third kappa shape index (κ3) is 6.78. The highest BCUT2D eigenvalue weighted by Gasteiger charge is 2.27. The Balaban J connectivity index is 1.76. The summed E-state index contributed by atoms with van der Waals surface area (Å²) in [4.78, 5) is 32.1. The first-order chi connectivity index (χ1) is 17.8. The number of carbonyl (C=O) groups excluding carboxylic acids is 1. The van der Waals surface area contributed by atoms with Crippen LogP contribution < -0.4 is 15.0 Å². The van der Waals surface area contributed by atoms with Crippen LogP contribution in [0.15, 0.2) is 85.7 Å². The van der Waals surface area contributed by atoms with E-state index in [4.69, 9.17) is 14.5 Å². The van der Waals surface area contributed by atoms with Gasteiger partial charge in [0.15, 0.2) is 0 Å². The van der Waals surface area contributed by atoms with Gasteiger partial charge in [0.1, 0.15) is 11.4 Å². The van der Waals surface area contributed by atoms with E-state index in [0.29, 0.717) is 24.0 Å². The molecular weight excluding hydrogens is 468 g/mol. The highest BCUT2D eigenvalue weighted by Crippen LogP contribution is 2.38. The van der Waals surface area contributed by atoms with Gasteiger partial charge in [0.2, 0.25) is 5.88 Å². The maximum absolute atomic E-state index is 12.2. The summed E-state index contributed by atoms with van der Waals surface area (Å²) in [5, 5.41) is 2.73. The third-order valence-corrected chi connectivity index (χ3v) is 5.19. The Bertz CT molecular complexity index is 1240. The number of amides is 1. The Hall–Kier alpha value is -4.53. The summed E-state index contributed by atoms with van der Waals surface area (Å²) in [6.07, 6.45) is 9.93. The van der Waals surface area contributed by atoms with Gasteiger partial charge in [-0.2, -0.15) is 0 Å². The first-order valence-corrected chi connectivity index (χ1v) is 12.0. The van der Waals surface area contributed by atoms with Crippen molar-refractivity contribution in [2.24, 2.45) is 0 Å². The molecule has 0 saturated heterocycles. The first kappa shape index (κ1) is 25.6. The Kier molecular flexibility index (Phi) is 7.92. The number of aromatic nitrogens is 4. The van der Waals surface area contributed by atoms with Crippen LogP contribution in [0.2, 0.25) is 0 Å². The van der Waals surface area contributed by atoms with E-state index in [1.807, 2.05) is 87.5 Å². The minimum Gasteiger partial charge on any atom is -0.478 e. The van der Waals surface area contributed by atoms with Gasteiger partial charge in [-0.05, 0) is 69.2 Å². The molecule has 190 valence electrons. The molecule has 0 atom stereocenters. The van der Waals surface area contributed by atoms with E-state index in [0.717, 1.165) is 16.8 Å². The number of ether oxygens (including phenoxy) is 2. The molecule has 0 aliphatic heterocycles. The lowest BCUT2D eigenvalue weighted by Gasteiger charge is -2.33. The van der Waals surface area contributed by atoms with Crippen LogP contribution in [0.5, 0.6) is 5.88 Å². The number of hydrogen-bond donors (Lipinski definition) is 1. The number of nitrogens with one attached hydrogen (secondary N) is 1. The van der Waals surface area contributed by atoms with Crippen molar-refractivity contribution >= 4 is 23.3 Å². The summed E-state index contributed by atoms with van der Waals surface area (Å²) in [6.45, 7) is 7.88. The van der Waals surface area contributed by atoms with E-state index in [1.165, 1.54) is 0 Å². The van der Waals surface area contributed by atoms with Crippen LogP contribution in [0, 0.1) is 0 Å². The monoisotopic (exact) mass is 498 g/mol. The summed E-state index contributed by atoms with van der Waals surface area (Å²) in [5.41, 5.74) is 2.60. The second-order valence-corrected chi connectivity index (χ2v) is 9.16. The summed E-state index contributed by atoms with van der Waals surface area (Å²) < 4.78 is 10.9. The highest BCUT2D eigenvalue weighted by molar-refractivity contribution is 5.84. The summed E-state index contributed by atoms with van der Waals surface area (Å²) in [7, 11) is 0. The molecule has 4 aromatic heterocycles. The molecule has 0 aliphatic carbocycles. The predicted octanol–water partition coefficient (Wildman–Crippen LogP) is 5.94. The van der Waals surface area contributed by atoms with Gasteiger partial charge in [-0.15, -0.1) is 0 Å². The van der Waals surface area contributed by atoms with Crippen LogP contribution in [0.25, 0.3) is 0 Å². The van der Waals surface area contributed by atoms with E-state index in [2.05, 4.69) is 20.3 Å². The SMILES string of the molecule is CCOc1ccc(N(c2ccc(NC(=O)OC(C)(C)C)cn2)C(c2cccnc2)c2cccnc2)cn1. The van der Waals surface area contributed by atoms with Gasteiger partial charge in [-0.1, -0.05) is 12.1 Å². The Morgan fingerprint density at radius 1 is 0.919 bits per heavy atom. The molecule has 4 rings (SSSR count). The average molecular weight is 499 g/mol. The molecule has 37 heavy (non-hydrogen) atoms. The second kappa shape index (κ2) is 11.5. The van der Waals surface area contributed by atoms with Gasteiger partial charge in [-0.25, -0.2) is 14.8 Å². The quantitative estimate of drug-likeness (QED) is 0.318. The molecule has 4 aromatic rings. The maximum Gasteiger partial charge on any atom is 0.412 e. The molecule has 9 heteroatoms. The standard InChI is InChI=1S/C28H30N6O3/c1-5-36-25-13-11-23(19-32-25)34(24-12-10-22(18-31-24)33-27(35)37-28(2,3)4)26(20-8-6-14-29-16-20)21-9-7-15-30-17-21/h6-19,26H,5H2,1-4H3,(H,33,35). The van der Waals surface area contributed by atoms with Crippen molar-refractivity contribution < 1.29 is 14.3 Å². The number of rotatable bonds is 8. The lowest BCUT2D eigenvalue weighted by atomic mass is 9.99. The summed E-state index contributed by atoms with van der Waals surface area (Å²) in [6, 6.07) is 14.9. The van der Waals surface area contributed by atoms with Crippen LogP contribution >= 0.6 is 0 Å². The van der Waals surface area contributed by atoms with Crippen molar-refractivity contribution in [1.29, 1.82) is 0 Å². The fourth-order valence-electron chi connectivity index (χ4n) is 3.75. The van der Waals surface area contributed by atoms with Gasteiger partial charge in [-0.3, -0.25) is 15.3 Å². The van der Waals surface area contributed by atoms with Crippen LogP contribution in [-0.4, -0.2) is 38.2 Å². The molecule has 1 N–H and O–H groups in total. The zero-order valence-electron chi connectivity index (χ0n) is 21.3. The largest absolute Gasteiger partial charge is 0.478 e. The molecule has 0 fully saturated rings. The van der Waals surface area contributed by atoms with Crippen LogP contribution in [0.1, 0.15) is 44.9 Å². The normalized spacial score (nSPS) is 11.2. The van der Waals surface area contributed by atoms with Gasteiger partial charge in [0.25, 0.3) is 0 Å². The molecule has 4 heterocycles. The second-order valence-electron chi connectivity index (χ2n) is 9.16. The maximum atomic E-state index is 12.2. The Morgan fingerprint density at radius 2 is 1.62 bits per heavy atom. The van der Waals surface area contributed by atoms with Gasteiger partial charge in [0, 0.05) is 30.9 Å². The number of anilines is 3. The Labute approximate surface area is 216 Å². The molecule has 9 nitrogen and oxygen atoms in total. The van der Waals surface area contributed by atoms with Crippen molar-refractivity contribution in [2.75, 3.05) is 16.8 Å². The molecule has 0 spiro atoms. The molecule has 0 aliphatic rings. The van der Waals surface area contributed by atoms with Crippen molar-refractivity contribution in [3.8, 4) is 5.88 Å². The van der Waals surface area contributed by atoms with Crippen molar-refractivity contribution in [2.45, 2.75) is 39.3 Å². The van der Waals surface area contributed by atoms with Crippen molar-refractivity contribution in [3.05, 3.63) is 96.8 Å². The minimum absolute atomic E-state index is 0.306. The zero-order valence-corrected chi connectivity index (χ0v) is 21.3. The number of carbonyl (C=O) groups is 1.